The number of hydrogen-bond acceptors (Lipinski definition) is 4. The molecule has 1 heterocycles. The van der Waals surface area contributed by atoms with Crippen LogP contribution in [-0.2, 0) is 9.53 Å². The van der Waals surface area contributed by atoms with Gasteiger partial charge in [-0.3, -0.25) is 4.79 Å². The third kappa shape index (κ3) is 2.04. The zero-order valence-electron chi connectivity index (χ0n) is 10.2. The van der Waals surface area contributed by atoms with Gasteiger partial charge in [0.2, 0.25) is 0 Å². The Balaban J connectivity index is 1.93. The minimum absolute atomic E-state index is 0.137. The lowest BCUT2D eigenvalue weighted by molar-refractivity contribution is -0.147. The molecule has 19 heavy (non-hydrogen) atoms. The number of phenols is 1. The summed E-state index contributed by atoms with van der Waals surface area (Å²) in [5.74, 6) is 0.169. The smallest absolute Gasteiger partial charge is 0.176 e. The summed E-state index contributed by atoms with van der Waals surface area (Å²) in [5, 5.41) is 19.4. The summed E-state index contributed by atoms with van der Waals surface area (Å²) >= 11 is 0. The van der Waals surface area contributed by atoms with E-state index >= 15 is 0 Å². The van der Waals surface area contributed by atoms with E-state index in [1.807, 2.05) is 12.2 Å². The highest BCUT2D eigenvalue weighted by atomic mass is 16.5. The van der Waals surface area contributed by atoms with Crippen LogP contribution in [0.1, 0.15) is 18.1 Å². The maximum absolute atomic E-state index is 12.2. The van der Waals surface area contributed by atoms with E-state index in [9.17, 15) is 15.0 Å². The number of aromatic hydroxyl groups is 1. The quantitative estimate of drug-likeness (QED) is 0.806. The van der Waals surface area contributed by atoms with Crippen molar-refractivity contribution in [2.45, 2.75) is 18.6 Å². The number of Topliss-reactive ketones (excluding diaryl/α,β-unsaturated/α-hetero) is 1. The molecule has 1 aliphatic heterocycles. The van der Waals surface area contributed by atoms with Gasteiger partial charge in [-0.05, 0) is 30.2 Å². The van der Waals surface area contributed by atoms with Gasteiger partial charge < -0.3 is 14.9 Å². The van der Waals surface area contributed by atoms with Gasteiger partial charge in [-0.1, -0.05) is 24.3 Å². The fourth-order valence-electron chi connectivity index (χ4n) is 2.47. The van der Waals surface area contributed by atoms with E-state index in [0.29, 0.717) is 17.7 Å². The lowest BCUT2D eigenvalue weighted by atomic mass is 9.85. The summed E-state index contributed by atoms with van der Waals surface area (Å²) < 4.78 is 5.76. The number of ketones is 1. The lowest BCUT2D eigenvalue weighted by Crippen LogP contribution is -2.41. The van der Waals surface area contributed by atoms with Crippen LogP contribution in [0.2, 0.25) is 0 Å². The van der Waals surface area contributed by atoms with E-state index in [0.717, 1.165) is 0 Å². The number of carbonyl (C=O) groups excluding carboxylic acids is 1. The molecule has 0 radical (unpaired) electrons. The van der Waals surface area contributed by atoms with Crippen LogP contribution < -0.4 is 0 Å². The molecule has 4 nitrogen and oxygen atoms in total. The first-order valence-electron chi connectivity index (χ1n) is 6.21. The van der Waals surface area contributed by atoms with E-state index in [1.165, 1.54) is 12.1 Å². The van der Waals surface area contributed by atoms with Gasteiger partial charge in [0.05, 0.1) is 5.92 Å². The summed E-state index contributed by atoms with van der Waals surface area (Å²) in [7, 11) is 0. The fourth-order valence-corrected chi connectivity index (χ4v) is 2.47. The number of rotatable bonds is 1. The second-order valence-corrected chi connectivity index (χ2v) is 4.76. The summed E-state index contributed by atoms with van der Waals surface area (Å²) in [4.78, 5) is 12.2. The zero-order valence-corrected chi connectivity index (χ0v) is 10.2. The molecule has 4 heteroatoms. The molecular weight excluding hydrogens is 244 g/mol. The molecule has 1 aromatic carbocycles. The molecule has 98 valence electrons. The van der Waals surface area contributed by atoms with Crippen LogP contribution in [0.3, 0.4) is 0 Å². The number of carbonyl (C=O) groups is 1. The maximum Gasteiger partial charge on any atom is 0.176 e. The number of benzene rings is 1. The van der Waals surface area contributed by atoms with Gasteiger partial charge in [0.25, 0.3) is 0 Å². The Hall–Kier alpha value is -2.07. The van der Waals surface area contributed by atoms with Crippen molar-refractivity contribution in [1.82, 2.24) is 0 Å². The minimum Gasteiger partial charge on any atom is -0.508 e. The van der Waals surface area contributed by atoms with Crippen LogP contribution >= 0.6 is 0 Å². The predicted octanol–water partition coefficient (Wildman–Crippen LogP) is 1.85. The largest absolute Gasteiger partial charge is 0.508 e. The fraction of sp³-hybridized carbons (Fsp3) is 0.267. The average molecular weight is 258 g/mol. The molecule has 0 spiro atoms. The molecule has 1 fully saturated rings. The van der Waals surface area contributed by atoms with Crippen molar-refractivity contribution < 1.29 is 19.7 Å². The van der Waals surface area contributed by atoms with Crippen molar-refractivity contribution in [3.05, 3.63) is 53.8 Å². The highest BCUT2D eigenvalue weighted by Crippen LogP contribution is 2.38. The van der Waals surface area contributed by atoms with E-state index in [-0.39, 0.29) is 17.5 Å². The molecule has 3 atom stereocenters. The van der Waals surface area contributed by atoms with Gasteiger partial charge in [-0.25, -0.2) is 0 Å². The molecule has 0 amide bonds. The molecule has 3 unspecified atom stereocenters. The average Bonchev–Trinajstić information content (AvgIpc) is 2.44. The van der Waals surface area contributed by atoms with Crippen molar-refractivity contribution in [3.8, 4) is 5.75 Å². The van der Waals surface area contributed by atoms with E-state index in [1.54, 1.807) is 18.2 Å². The van der Waals surface area contributed by atoms with Crippen molar-refractivity contribution in [1.29, 1.82) is 0 Å². The standard InChI is InChI=1S/C15H14O4/c16-10-7-5-9(6-8-10)15-14(18)13(17)11-3-1-2-4-12(11)19-15/h1-2,4-8,11,14-16,18H,3H2. The number of fused-ring (bicyclic) bond motifs is 1. The van der Waals surface area contributed by atoms with Gasteiger partial charge in [-0.15, -0.1) is 0 Å². The molecule has 2 aliphatic rings. The molecule has 1 saturated heterocycles. The molecule has 2 N–H and O–H groups in total. The first-order chi connectivity index (χ1) is 9.16. The van der Waals surface area contributed by atoms with E-state index in [4.69, 9.17) is 4.74 Å². The predicted molar refractivity (Wildman–Crippen MR) is 68.3 cm³/mol. The molecule has 0 bridgehead atoms. The van der Waals surface area contributed by atoms with Crippen molar-refractivity contribution in [2.24, 2.45) is 5.92 Å². The summed E-state index contributed by atoms with van der Waals surface area (Å²) in [5.41, 5.74) is 0.674. The second-order valence-electron chi connectivity index (χ2n) is 4.76. The number of ether oxygens (including phenoxy) is 1. The van der Waals surface area contributed by atoms with Gasteiger partial charge >= 0.3 is 0 Å². The topological polar surface area (TPSA) is 66.8 Å². The highest BCUT2D eigenvalue weighted by molar-refractivity contribution is 5.89. The zero-order chi connectivity index (χ0) is 13.4. The first-order valence-corrected chi connectivity index (χ1v) is 6.21. The highest BCUT2D eigenvalue weighted by Gasteiger charge is 2.42. The molecule has 0 saturated carbocycles. The molecule has 3 rings (SSSR count). The van der Waals surface area contributed by atoms with E-state index in [2.05, 4.69) is 0 Å². The van der Waals surface area contributed by atoms with Crippen molar-refractivity contribution in [3.63, 3.8) is 0 Å². The van der Waals surface area contributed by atoms with Gasteiger partial charge in [0, 0.05) is 0 Å². The van der Waals surface area contributed by atoms with Gasteiger partial charge in [-0.2, -0.15) is 0 Å². The molecule has 0 aromatic heterocycles. The number of phenolic OH excluding ortho intramolecular Hbond substituents is 1. The Bertz CT molecular complexity index is 556. The van der Waals surface area contributed by atoms with Gasteiger partial charge in [0.1, 0.15) is 11.5 Å². The van der Waals surface area contributed by atoms with Crippen molar-refractivity contribution >= 4 is 5.78 Å². The number of allylic oxidation sites excluding steroid dienone is 4. The third-order valence-corrected chi connectivity index (χ3v) is 3.52. The van der Waals surface area contributed by atoms with Crippen LogP contribution in [0.25, 0.3) is 0 Å². The van der Waals surface area contributed by atoms with Crippen molar-refractivity contribution in [2.75, 3.05) is 0 Å². The summed E-state index contributed by atoms with van der Waals surface area (Å²) in [6, 6.07) is 6.32. The Morgan fingerprint density at radius 3 is 2.68 bits per heavy atom. The Labute approximate surface area is 110 Å². The van der Waals surface area contributed by atoms with Crippen LogP contribution in [0.4, 0.5) is 0 Å². The summed E-state index contributed by atoms with van der Waals surface area (Å²) in [6.45, 7) is 0. The first kappa shape index (κ1) is 12.0. The SMILES string of the molecule is O=C1C2CC=CC=C2OC(c2ccc(O)cc2)C1O. The second kappa shape index (κ2) is 4.55. The third-order valence-electron chi connectivity index (χ3n) is 3.52. The normalized spacial score (nSPS) is 29.4. The number of aliphatic hydroxyl groups is 1. The summed E-state index contributed by atoms with van der Waals surface area (Å²) in [6.07, 6.45) is 4.21. The lowest BCUT2D eigenvalue weighted by Gasteiger charge is -2.35. The molecular formula is C15H14O4. The Kier molecular flexibility index (Phi) is 2.87. The number of aliphatic hydroxyl groups excluding tert-OH is 1. The van der Waals surface area contributed by atoms with E-state index < -0.39 is 12.2 Å². The molecule has 1 aliphatic carbocycles. The van der Waals surface area contributed by atoms with Crippen LogP contribution in [0.15, 0.2) is 48.3 Å². The maximum atomic E-state index is 12.2. The van der Waals surface area contributed by atoms with Crippen LogP contribution in [-0.4, -0.2) is 22.1 Å². The van der Waals surface area contributed by atoms with Crippen LogP contribution in [0, 0.1) is 5.92 Å². The molecule has 1 aromatic rings. The number of hydrogen-bond donors (Lipinski definition) is 2. The minimum atomic E-state index is -1.17. The van der Waals surface area contributed by atoms with Crippen LogP contribution in [0.5, 0.6) is 5.75 Å². The Morgan fingerprint density at radius 2 is 1.95 bits per heavy atom. The Morgan fingerprint density at radius 1 is 1.21 bits per heavy atom. The monoisotopic (exact) mass is 258 g/mol. The van der Waals surface area contributed by atoms with Gasteiger partial charge in [0.15, 0.2) is 18.0 Å².